The minimum absolute atomic E-state index is 0.166. The van der Waals surface area contributed by atoms with Gasteiger partial charge in [-0.25, -0.2) is 0 Å². The van der Waals surface area contributed by atoms with Crippen molar-refractivity contribution in [2.24, 2.45) is 5.92 Å². The van der Waals surface area contributed by atoms with E-state index in [1.54, 1.807) is 30.2 Å². The fraction of sp³-hybridized carbons (Fsp3) is 0.348. The highest BCUT2D eigenvalue weighted by molar-refractivity contribution is 6.22. The number of fused-ring (bicyclic) bond motifs is 1. The lowest BCUT2D eigenvalue weighted by Crippen LogP contribution is -2.36. The molecule has 0 spiro atoms. The lowest BCUT2D eigenvalue weighted by Gasteiger charge is -2.24. The van der Waals surface area contributed by atoms with Crippen molar-refractivity contribution in [1.29, 1.82) is 0 Å². The zero-order chi connectivity index (χ0) is 21.0. The van der Waals surface area contributed by atoms with Gasteiger partial charge in [-0.2, -0.15) is 0 Å². The van der Waals surface area contributed by atoms with Crippen molar-refractivity contribution in [3.63, 3.8) is 0 Å². The minimum Gasteiger partial charge on any atom is -0.383 e. The van der Waals surface area contributed by atoms with Gasteiger partial charge in [0.25, 0.3) is 17.7 Å². The van der Waals surface area contributed by atoms with Crippen molar-refractivity contribution in [3.05, 3.63) is 70.8 Å². The summed E-state index contributed by atoms with van der Waals surface area (Å²) in [5, 5.41) is 0. The summed E-state index contributed by atoms with van der Waals surface area (Å²) in [4.78, 5) is 41.5. The molecule has 1 heterocycles. The third-order valence-electron chi connectivity index (χ3n) is 4.84. The van der Waals surface area contributed by atoms with Gasteiger partial charge >= 0.3 is 0 Å². The normalized spacial score (nSPS) is 13.2. The lowest BCUT2D eigenvalue weighted by molar-refractivity contribution is 0.0641. The maximum atomic E-state index is 13.0. The summed E-state index contributed by atoms with van der Waals surface area (Å²) >= 11 is 0. The average molecular weight is 394 g/mol. The largest absolute Gasteiger partial charge is 0.383 e. The zero-order valence-electron chi connectivity index (χ0n) is 17.1. The summed E-state index contributed by atoms with van der Waals surface area (Å²) in [7, 11) is 1.60. The van der Waals surface area contributed by atoms with Crippen LogP contribution in [0.2, 0.25) is 0 Å². The Balaban J connectivity index is 1.84. The first-order valence-corrected chi connectivity index (χ1v) is 9.74. The molecule has 29 heavy (non-hydrogen) atoms. The van der Waals surface area contributed by atoms with Gasteiger partial charge in [0, 0.05) is 25.8 Å². The highest BCUT2D eigenvalue weighted by Gasteiger charge is 2.36. The molecular weight excluding hydrogens is 368 g/mol. The number of amides is 3. The van der Waals surface area contributed by atoms with Gasteiger partial charge in [-0.15, -0.1) is 0 Å². The fourth-order valence-electron chi connectivity index (χ4n) is 3.43. The first-order chi connectivity index (χ1) is 13.9. The molecule has 0 aliphatic carbocycles. The smallest absolute Gasteiger partial charge is 0.261 e. The average Bonchev–Trinajstić information content (AvgIpc) is 2.95. The SMILES string of the molecule is COCCN(CC(C)C)C(=O)c1ccc2c(c1)C(=O)N(Cc1ccccc1)C2=O. The Morgan fingerprint density at radius 3 is 2.38 bits per heavy atom. The quantitative estimate of drug-likeness (QED) is 0.645. The molecule has 2 aromatic carbocycles. The van der Waals surface area contributed by atoms with E-state index in [0.29, 0.717) is 36.7 Å². The molecule has 3 rings (SSSR count). The van der Waals surface area contributed by atoms with Gasteiger partial charge in [0.1, 0.15) is 0 Å². The molecule has 0 N–H and O–H groups in total. The van der Waals surface area contributed by atoms with Gasteiger partial charge in [0.05, 0.1) is 24.3 Å². The van der Waals surface area contributed by atoms with E-state index in [1.807, 2.05) is 44.2 Å². The van der Waals surface area contributed by atoms with Crippen LogP contribution in [0.1, 0.15) is 50.5 Å². The highest BCUT2D eigenvalue weighted by Crippen LogP contribution is 2.26. The molecule has 0 saturated carbocycles. The number of carbonyl (C=O) groups is 3. The standard InChI is InChI=1S/C23H26N2O4/c1-16(2)14-24(11-12-29-3)21(26)18-9-10-19-20(13-18)23(28)25(22(19)27)15-17-7-5-4-6-8-17/h4-10,13,16H,11-12,14-15H2,1-3H3. The molecule has 152 valence electrons. The second kappa shape index (κ2) is 9.01. The van der Waals surface area contributed by atoms with Gasteiger partial charge in [-0.3, -0.25) is 19.3 Å². The van der Waals surface area contributed by atoms with Crippen LogP contribution in [-0.2, 0) is 11.3 Å². The molecule has 3 amide bonds. The summed E-state index contributed by atoms with van der Waals surface area (Å²) < 4.78 is 5.12. The fourth-order valence-corrected chi connectivity index (χ4v) is 3.43. The van der Waals surface area contributed by atoms with E-state index >= 15 is 0 Å². The van der Waals surface area contributed by atoms with Crippen LogP contribution in [0.5, 0.6) is 0 Å². The molecule has 0 radical (unpaired) electrons. The molecule has 0 atom stereocenters. The lowest BCUT2D eigenvalue weighted by atomic mass is 10.0. The maximum Gasteiger partial charge on any atom is 0.261 e. The van der Waals surface area contributed by atoms with E-state index in [-0.39, 0.29) is 29.8 Å². The summed E-state index contributed by atoms with van der Waals surface area (Å²) in [5.74, 6) is -0.558. The minimum atomic E-state index is -0.365. The number of carbonyl (C=O) groups excluding carboxylic acids is 3. The second-order valence-corrected chi connectivity index (χ2v) is 7.58. The van der Waals surface area contributed by atoms with Crippen LogP contribution >= 0.6 is 0 Å². The molecule has 1 aliphatic rings. The van der Waals surface area contributed by atoms with E-state index in [1.165, 1.54) is 4.90 Å². The van der Waals surface area contributed by atoms with Crippen LogP contribution < -0.4 is 0 Å². The third-order valence-corrected chi connectivity index (χ3v) is 4.84. The number of imide groups is 1. The predicted molar refractivity (Wildman–Crippen MR) is 110 cm³/mol. The van der Waals surface area contributed by atoms with Crippen molar-refractivity contribution in [1.82, 2.24) is 9.80 Å². The monoisotopic (exact) mass is 394 g/mol. The Morgan fingerprint density at radius 2 is 1.72 bits per heavy atom. The maximum absolute atomic E-state index is 13.0. The third kappa shape index (κ3) is 4.54. The number of nitrogens with zero attached hydrogens (tertiary/aromatic N) is 2. The van der Waals surface area contributed by atoms with Gasteiger partial charge < -0.3 is 9.64 Å². The van der Waals surface area contributed by atoms with E-state index in [9.17, 15) is 14.4 Å². The molecule has 1 aliphatic heterocycles. The number of ether oxygens (including phenoxy) is 1. The molecule has 0 fully saturated rings. The first-order valence-electron chi connectivity index (χ1n) is 9.74. The molecule has 6 heteroatoms. The number of rotatable bonds is 8. The number of hydrogen-bond donors (Lipinski definition) is 0. The number of benzene rings is 2. The van der Waals surface area contributed by atoms with Crippen molar-refractivity contribution in [2.45, 2.75) is 20.4 Å². The van der Waals surface area contributed by atoms with Gasteiger partial charge in [0.2, 0.25) is 0 Å². The Bertz CT molecular complexity index is 908. The van der Waals surface area contributed by atoms with Crippen LogP contribution in [0.3, 0.4) is 0 Å². The van der Waals surface area contributed by atoms with E-state index in [2.05, 4.69) is 0 Å². The van der Waals surface area contributed by atoms with Crippen molar-refractivity contribution < 1.29 is 19.1 Å². The summed E-state index contributed by atoms with van der Waals surface area (Å²) in [6, 6.07) is 14.1. The summed E-state index contributed by atoms with van der Waals surface area (Å²) in [6.45, 7) is 5.79. The predicted octanol–water partition coefficient (Wildman–Crippen LogP) is 3.23. The molecule has 0 unspecified atom stereocenters. The summed E-state index contributed by atoms with van der Waals surface area (Å²) in [6.07, 6.45) is 0. The zero-order valence-corrected chi connectivity index (χ0v) is 17.1. The Morgan fingerprint density at radius 1 is 1.03 bits per heavy atom. The van der Waals surface area contributed by atoms with Crippen molar-refractivity contribution in [3.8, 4) is 0 Å². The molecule has 2 aromatic rings. The molecular formula is C23H26N2O4. The Labute approximate surface area is 171 Å². The summed E-state index contributed by atoms with van der Waals surface area (Å²) in [5.41, 5.74) is 1.91. The Kier molecular flexibility index (Phi) is 6.44. The number of methoxy groups -OCH3 is 1. The van der Waals surface area contributed by atoms with Crippen LogP contribution in [0.15, 0.2) is 48.5 Å². The van der Waals surface area contributed by atoms with Gasteiger partial charge in [-0.05, 0) is 29.7 Å². The van der Waals surface area contributed by atoms with Gasteiger partial charge in [0.15, 0.2) is 0 Å². The first kappa shape index (κ1) is 20.7. The van der Waals surface area contributed by atoms with Crippen molar-refractivity contribution >= 4 is 17.7 Å². The molecule has 0 aromatic heterocycles. The number of hydrogen-bond acceptors (Lipinski definition) is 4. The molecule has 0 saturated heterocycles. The molecule has 0 bridgehead atoms. The van der Waals surface area contributed by atoms with E-state index < -0.39 is 0 Å². The van der Waals surface area contributed by atoms with Crippen molar-refractivity contribution in [2.75, 3.05) is 26.8 Å². The van der Waals surface area contributed by atoms with E-state index in [4.69, 9.17) is 4.74 Å². The van der Waals surface area contributed by atoms with Gasteiger partial charge in [-0.1, -0.05) is 44.2 Å². The van der Waals surface area contributed by atoms with Crippen LogP contribution in [-0.4, -0.2) is 54.3 Å². The van der Waals surface area contributed by atoms with Crippen LogP contribution in [0, 0.1) is 5.92 Å². The second-order valence-electron chi connectivity index (χ2n) is 7.58. The topological polar surface area (TPSA) is 66.9 Å². The molecule has 6 nitrogen and oxygen atoms in total. The van der Waals surface area contributed by atoms with E-state index in [0.717, 1.165) is 5.56 Å². The Hall–Kier alpha value is -2.99. The van der Waals surface area contributed by atoms with Crippen LogP contribution in [0.4, 0.5) is 0 Å². The van der Waals surface area contributed by atoms with Crippen LogP contribution in [0.25, 0.3) is 0 Å². The highest BCUT2D eigenvalue weighted by atomic mass is 16.5.